The van der Waals surface area contributed by atoms with Gasteiger partial charge in [-0.15, -0.1) is 0 Å². The molecular weight excluding hydrogens is 387 g/mol. The highest BCUT2D eigenvalue weighted by Gasteiger charge is 2.25. The molecule has 9 heteroatoms. The van der Waals surface area contributed by atoms with E-state index in [1.807, 2.05) is 20.8 Å². The van der Waals surface area contributed by atoms with Gasteiger partial charge in [0, 0.05) is 37.7 Å². The summed E-state index contributed by atoms with van der Waals surface area (Å²) in [6.07, 6.45) is 2.01. The van der Waals surface area contributed by atoms with Crippen molar-refractivity contribution in [3.63, 3.8) is 0 Å². The zero-order valence-corrected chi connectivity index (χ0v) is 17.1. The van der Waals surface area contributed by atoms with Crippen LogP contribution in [0, 0.1) is 12.7 Å². The average molecular weight is 411 g/mol. The Labute approximate surface area is 173 Å². The van der Waals surface area contributed by atoms with Crippen molar-refractivity contribution in [2.24, 2.45) is 0 Å². The van der Waals surface area contributed by atoms with Crippen LogP contribution in [0.15, 0.2) is 28.9 Å². The number of oxazole rings is 1. The third-order valence-corrected chi connectivity index (χ3v) is 4.84. The van der Waals surface area contributed by atoms with Crippen molar-refractivity contribution >= 4 is 17.2 Å². The zero-order valence-electron chi connectivity index (χ0n) is 17.1. The summed E-state index contributed by atoms with van der Waals surface area (Å²) in [6.45, 7) is 6.81. The lowest BCUT2D eigenvalue weighted by Gasteiger charge is -2.26. The summed E-state index contributed by atoms with van der Waals surface area (Å²) in [5, 5.41) is 6.37. The molecule has 4 rings (SSSR count). The molecule has 0 aliphatic carbocycles. The number of aryl methyl sites for hydroxylation is 1. The van der Waals surface area contributed by atoms with Crippen LogP contribution in [-0.4, -0.2) is 33.3 Å². The number of nitrogens with two attached hydrogens (primary N) is 2. The number of halogens is 1. The van der Waals surface area contributed by atoms with Gasteiger partial charge >= 0.3 is 0 Å². The van der Waals surface area contributed by atoms with Crippen LogP contribution in [0.3, 0.4) is 0 Å². The maximum absolute atomic E-state index is 14.2. The van der Waals surface area contributed by atoms with Gasteiger partial charge < -0.3 is 19.8 Å². The standard InChI is InChI=1S/C21H23FN6O2/c1-11(2)29-19-6-13(15(23)7-14(19)22)21(24)16-8-20(26-10-25-16)28-5-4-18-17(9-28)27-12(3)30-18/h6-8,10-11,24H,4-5,9,23H2,1-3H3/p+1. The highest BCUT2D eigenvalue weighted by Crippen LogP contribution is 2.27. The van der Waals surface area contributed by atoms with Crippen LogP contribution in [-0.2, 0) is 13.0 Å². The summed E-state index contributed by atoms with van der Waals surface area (Å²) in [4.78, 5) is 15.2. The number of nitrogens with zero attached hydrogens (tertiary/aromatic N) is 4. The topological polar surface area (TPSA) is 116 Å². The number of aromatic nitrogens is 3. The van der Waals surface area contributed by atoms with Gasteiger partial charge in [-0.25, -0.2) is 19.3 Å². The Morgan fingerprint density at radius 3 is 2.87 bits per heavy atom. The largest absolute Gasteiger partial charge is 0.488 e. The van der Waals surface area contributed by atoms with E-state index in [2.05, 4.69) is 19.9 Å². The average Bonchev–Trinajstić information content (AvgIpc) is 3.08. The van der Waals surface area contributed by atoms with Crippen molar-refractivity contribution in [3.05, 3.63) is 58.9 Å². The van der Waals surface area contributed by atoms with Crippen molar-refractivity contribution in [3.8, 4) is 5.75 Å². The summed E-state index contributed by atoms with van der Waals surface area (Å²) < 4.78 is 25.3. The van der Waals surface area contributed by atoms with Crippen molar-refractivity contribution < 1.29 is 19.0 Å². The molecule has 3 aromatic rings. The first-order chi connectivity index (χ1) is 14.3. The molecule has 30 heavy (non-hydrogen) atoms. The van der Waals surface area contributed by atoms with E-state index in [0.29, 0.717) is 35.2 Å². The molecule has 8 nitrogen and oxygen atoms in total. The fourth-order valence-corrected chi connectivity index (χ4v) is 3.47. The van der Waals surface area contributed by atoms with Gasteiger partial charge in [-0.05, 0) is 19.9 Å². The van der Waals surface area contributed by atoms with Crippen molar-refractivity contribution in [1.82, 2.24) is 15.0 Å². The first-order valence-electron chi connectivity index (χ1n) is 9.73. The minimum Gasteiger partial charge on any atom is -0.488 e. The molecule has 0 radical (unpaired) electrons. The maximum atomic E-state index is 14.2. The van der Waals surface area contributed by atoms with Gasteiger partial charge in [0.25, 0.3) is 0 Å². The monoisotopic (exact) mass is 411 g/mol. The van der Waals surface area contributed by atoms with Crippen LogP contribution in [0.5, 0.6) is 5.75 Å². The minimum atomic E-state index is -0.534. The molecule has 0 saturated heterocycles. The Balaban J connectivity index is 1.62. The summed E-state index contributed by atoms with van der Waals surface area (Å²) in [7, 11) is 0. The van der Waals surface area contributed by atoms with Gasteiger partial charge in [-0.3, -0.25) is 5.41 Å². The van der Waals surface area contributed by atoms with Crippen LogP contribution in [0.4, 0.5) is 15.9 Å². The second kappa shape index (κ2) is 7.74. The van der Waals surface area contributed by atoms with Crippen LogP contribution in [0.2, 0.25) is 0 Å². The number of hydrogen-bond donors (Lipinski definition) is 2. The SMILES string of the molecule is Cc1nc2c(o1)CCN(c1cc(C(=[NH2+])c3cc(OC(C)C)c(F)cc3N)ncn1)C2. The first kappa shape index (κ1) is 19.8. The number of ether oxygens (including phenoxy) is 1. The third kappa shape index (κ3) is 3.83. The number of rotatable bonds is 5. The molecule has 0 unspecified atom stereocenters. The summed E-state index contributed by atoms with van der Waals surface area (Å²) in [5.41, 5.74) is 8.43. The maximum Gasteiger partial charge on any atom is 0.232 e. The number of fused-ring (bicyclic) bond motifs is 1. The van der Waals surface area contributed by atoms with Crippen molar-refractivity contribution in [1.29, 1.82) is 0 Å². The molecule has 0 saturated carbocycles. The van der Waals surface area contributed by atoms with Gasteiger partial charge in [0.2, 0.25) is 5.71 Å². The first-order valence-corrected chi connectivity index (χ1v) is 9.73. The van der Waals surface area contributed by atoms with Gasteiger partial charge in [0.15, 0.2) is 17.5 Å². The van der Waals surface area contributed by atoms with E-state index >= 15 is 0 Å². The third-order valence-electron chi connectivity index (χ3n) is 4.84. The van der Waals surface area contributed by atoms with Gasteiger partial charge in [-0.1, -0.05) is 0 Å². The Bertz CT molecular complexity index is 1110. The molecule has 3 heterocycles. The van der Waals surface area contributed by atoms with Crippen LogP contribution >= 0.6 is 0 Å². The smallest absolute Gasteiger partial charge is 0.232 e. The van der Waals surface area contributed by atoms with Crippen LogP contribution in [0.25, 0.3) is 0 Å². The molecule has 0 spiro atoms. The predicted molar refractivity (Wildman–Crippen MR) is 110 cm³/mol. The quantitative estimate of drug-likeness (QED) is 0.482. The molecule has 156 valence electrons. The predicted octanol–water partition coefficient (Wildman–Crippen LogP) is 1.44. The highest BCUT2D eigenvalue weighted by molar-refractivity contribution is 6.11. The molecular formula is C21H24FN6O2+. The minimum absolute atomic E-state index is 0.0939. The molecule has 0 atom stereocenters. The molecule has 4 N–H and O–H groups in total. The lowest BCUT2D eigenvalue weighted by Crippen LogP contribution is -2.42. The highest BCUT2D eigenvalue weighted by atomic mass is 19.1. The molecule has 1 aromatic carbocycles. The number of nitrogen functional groups attached to an aromatic ring is 1. The molecule has 0 bridgehead atoms. The van der Waals surface area contributed by atoms with Crippen molar-refractivity contribution in [2.45, 2.75) is 39.8 Å². The van der Waals surface area contributed by atoms with Crippen molar-refractivity contribution in [2.75, 3.05) is 17.2 Å². The Morgan fingerprint density at radius 1 is 1.30 bits per heavy atom. The lowest BCUT2D eigenvalue weighted by molar-refractivity contribution is -0.111. The molecule has 0 amide bonds. The lowest BCUT2D eigenvalue weighted by atomic mass is 10.0. The van der Waals surface area contributed by atoms with E-state index in [0.717, 1.165) is 24.4 Å². The molecule has 1 aliphatic heterocycles. The molecule has 1 aliphatic rings. The fraction of sp³-hybridized carbons (Fsp3) is 0.333. The Kier molecular flexibility index (Phi) is 5.11. The van der Waals surface area contributed by atoms with Gasteiger partial charge in [0.1, 0.15) is 29.3 Å². The van der Waals surface area contributed by atoms with E-state index in [1.54, 1.807) is 6.07 Å². The number of anilines is 2. The summed E-state index contributed by atoms with van der Waals surface area (Å²) >= 11 is 0. The van der Waals surface area contributed by atoms with Crippen LogP contribution in [0.1, 0.15) is 42.4 Å². The van der Waals surface area contributed by atoms with E-state index in [9.17, 15) is 4.39 Å². The van der Waals surface area contributed by atoms with Gasteiger partial charge in [0.05, 0.1) is 18.2 Å². The zero-order chi connectivity index (χ0) is 21.4. The Hall–Kier alpha value is -3.49. The van der Waals surface area contributed by atoms with E-state index < -0.39 is 5.82 Å². The molecule has 0 fully saturated rings. The van der Waals surface area contributed by atoms with E-state index in [-0.39, 0.29) is 17.5 Å². The van der Waals surface area contributed by atoms with E-state index in [1.165, 1.54) is 18.5 Å². The van der Waals surface area contributed by atoms with E-state index in [4.69, 9.17) is 20.3 Å². The number of hydrogen-bond acceptors (Lipinski definition) is 7. The second-order valence-corrected chi connectivity index (χ2v) is 7.49. The fourth-order valence-electron chi connectivity index (χ4n) is 3.47. The summed E-state index contributed by atoms with van der Waals surface area (Å²) in [6, 6.07) is 4.51. The molecule has 2 aromatic heterocycles. The van der Waals surface area contributed by atoms with Crippen LogP contribution < -0.4 is 20.8 Å². The second-order valence-electron chi connectivity index (χ2n) is 7.49. The normalized spacial score (nSPS) is 13.4. The van der Waals surface area contributed by atoms with Gasteiger partial charge in [-0.2, -0.15) is 0 Å². The Morgan fingerprint density at radius 2 is 2.10 bits per heavy atom. The number of benzene rings is 1. The summed E-state index contributed by atoms with van der Waals surface area (Å²) in [5.74, 6) is 1.85.